The van der Waals surface area contributed by atoms with Gasteiger partial charge in [-0.1, -0.05) is 77.6 Å². The first-order chi connectivity index (χ1) is 10.4. The molecule has 0 aliphatic rings. The number of unbranched alkanes of at least 4 members (excludes halogenated alkanes) is 11. The van der Waals surface area contributed by atoms with Gasteiger partial charge in [0.25, 0.3) is 0 Å². The van der Waals surface area contributed by atoms with E-state index in [1.54, 1.807) is 0 Å². The van der Waals surface area contributed by atoms with Crippen molar-refractivity contribution in [3.8, 4) is 0 Å². The van der Waals surface area contributed by atoms with Crippen molar-refractivity contribution in [1.82, 2.24) is 0 Å². The summed E-state index contributed by atoms with van der Waals surface area (Å²) < 4.78 is -0.729. The van der Waals surface area contributed by atoms with E-state index in [0.717, 1.165) is 19.3 Å². The van der Waals surface area contributed by atoms with Crippen molar-refractivity contribution in [2.24, 2.45) is 0 Å². The number of hydroxylamine groups is 3. The van der Waals surface area contributed by atoms with E-state index in [-0.39, 0.29) is 0 Å². The van der Waals surface area contributed by atoms with Crippen LogP contribution in [0.25, 0.3) is 0 Å². The molecule has 132 valence electrons. The minimum Gasteiger partial charge on any atom is -0.633 e. The van der Waals surface area contributed by atoms with Crippen molar-refractivity contribution in [2.75, 3.05) is 14.1 Å². The van der Waals surface area contributed by atoms with Crippen molar-refractivity contribution in [3.05, 3.63) is 5.21 Å². The molecule has 0 fully saturated rings. The van der Waals surface area contributed by atoms with Crippen molar-refractivity contribution in [1.29, 1.82) is 0 Å². The van der Waals surface area contributed by atoms with Crippen LogP contribution in [0.2, 0.25) is 0 Å². The number of quaternary nitrogens is 1. The lowest BCUT2D eigenvalue weighted by Crippen LogP contribution is -2.48. The monoisotopic (exact) mass is 315 g/mol. The molecule has 0 aliphatic heterocycles. The average Bonchev–Trinajstić information content (AvgIpc) is 2.42. The summed E-state index contributed by atoms with van der Waals surface area (Å²) in [5, 5.41) is 20.8. The van der Waals surface area contributed by atoms with Gasteiger partial charge in [0.05, 0.1) is 14.1 Å². The number of aliphatic carboxylic acids is 1. The van der Waals surface area contributed by atoms with E-state index in [2.05, 4.69) is 6.92 Å². The topological polar surface area (TPSA) is 60.4 Å². The zero-order valence-corrected chi connectivity index (χ0v) is 15.0. The van der Waals surface area contributed by atoms with Crippen molar-refractivity contribution in [3.63, 3.8) is 0 Å². The molecule has 0 bridgehead atoms. The van der Waals surface area contributed by atoms with Crippen LogP contribution in [0.4, 0.5) is 0 Å². The Hall–Kier alpha value is -0.610. The molecule has 4 heteroatoms. The Balaban J connectivity index is 3.41. The molecule has 0 rings (SSSR count). The Labute approximate surface area is 137 Å². The van der Waals surface area contributed by atoms with Crippen LogP contribution in [-0.4, -0.2) is 35.9 Å². The van der Waals surface area contributed by atoms with Crippen LogP contribution in [0.3, 0.4) is 0 Å². The zero-order valence-electron chi connectivity index (χ0n) is 15.0. The summed E-state index contributed by atoms with van der Waals surface area (Å²) >= 11 is 0. The molecular weight excluding hydrogens is 278 g/mol. The van der Waals surface area contributed by atoms with Gasteiger partial charge >= 0.3 is 5.97 Å². The second-order valence-electron chi connectivity index (χ2n) is 6.97. The Kier molecular flexibility index (Phi) is 12.5. The highest BCUT2D eigenvalue weighted by atomic mass is 16.5. The molecule has 4 nitrogen and oxygen atoms in total. The average molecular weight is 315 g/mol. The third-order valence-corrected chi connectivity index (χ3v) is 4.37. The summed E-state index contributed by atoms with van der Waals surface area (Å²) in [6.07, 6.45) is 15.6. The lowest BCUT2D eigenvalue weighted by molar-refractivity contribution is -0.858. The number of carbonyl (C=O) groups is 1. The predicted molar refractivity (Wildman–Crippen MR) is 92.6 cm³/mol. The Morgan fingerprint density at radius 2 is 1.23 bits per heavy atom. The third kappa shape index (κ3) is 12.0. The lowest BCUT2D eigenvalue weighted by Gasteiger charge is -2.39. The van der Waals surface area contributed by atoms with Crippen LogP contribution in [0.15, 0.2) is 0 Å². The summed E-state index contributed by atoms with van der Waals surface area (Å²) in [5.74, 6) is -0.969. The van der Waals surface area contributed by atoms with E-state index >= 15 is 0 Å². The first-order valence-electron chi connectivity index (χ1n) is 9.17. The van der Waals surface area contributed by atoms with Crippen molar-refractivity contribution >= 4 is 5.97 Å². The zero-order chi connectivity index (χ0) is 16.8. The maximum absolute atomic E-state index is 11.7. The summed E-state index contributed by atoms with van der Waals surface area (Å²) in [6.45, 7) is 2.25. The van der Waals surface area contributed by atoms with Gasteiger partial charge in [-0.05, 0) is 6.42 Å². The Morgan fingerprint density at radius 3 is 1.55 bits per heavy atom. The van der Waals surface area contributed by atoms with Gasteiger partial charge in [-0.25, -0.2) is 4.79 Å². The van der Waals surface area contributed by atoms with Crippen LogP contribution in [-0.2, 0) is 4.79 Å². The quantitative estimate of drug-likeness (QED) is 0.260. The second-order valence-corrected chi connectivity index (χ2v) is 6.97. The summed E-state index contributed by atoms with van der Waals surface area (Å²) in [7, 11) is 2.83. The Bertz CT molecular complexity index is 274. The highest BCUT2D eigenvalue weighted by Crippen LogP contribution is 2.16. The fraction of sp³-hybridized carbons (Fsp3) is 0.944. The standard InChI is InChI=1S/C18H37NO3/c1-4-5-6-7-8-9-10-11-12-13-14-15-16-17(18(20)21)19(2,3)22/h17H,4-16H2,1-3H3,(H,20,21). The van der Waals surface area contributed by atoms with Crippen LogP contribution in [0.1, 0.15) is 90.4 Å². The molecule has 1 unspecified atom stereocenters. The molecule has 0 aromatic heterocycles. The maximum Gasteiger partial charge on any atom is 0.362 e. The molecular formula is C18H37NO3. The van der Waals surface area contributed by atoms with E-state index in [1.807, 2.05) is 0 Å². The number of hydrogen-bond donors (Lipinski definition) is 1. The SMILES string of the molecule is CCCCCCCCCCCCCCC(C(=O)O)[N+](C)(C)[O-]. The minimum atomic E-state index is -0.969. The number of carboxylic acids is 1. The Morgan fingerprint density at radius 1 is 0.864 bits per heavy atom. The first kappa shape index (κ1) is 21.4. The molecule has 0 saturated heterocycles. The number of nitrogens with zero attached hydrogens (tertiary/aromatic N) is 1. The number of likely N-dealkylation sites (N-methyl/N-ethyl adjacent to an activating group) is 1. The highest BCUT2D eigenvalue weighted by molar-refractivity contribution is 5.72. The minimum absolute atomic E-state index is 0.489. The van der Waals surface area contributed by atoms with Crippen LogP contribution < -0.4 is 0 Å². The molecule has 0 amide bonds. The molecule has 1 atom stereocenters. The molecule has 0 spiro atoms. The second kappa shape index (κ2) is 12.9. The van der Waals surface area contributed by atoms with Gasteiger partial charge in [-0.3, -0.25) is 0 Å². The van der Waals surface area contributed by atoms with E-state index in [0.29, 0.717) is 6.42 Å². The summed E-state index contributed by atoms with van der Waals surface area (Å²) in [6, 6.07) is -0.817. The normalized spacial score (nSPS) is 13.3. The molecule has 0 aromatic carbocycles. The predicted octanol–water partition coefficient (Wildman–Crippen LogP) is 5.11. The van der Waals surface area contributed by atoms with E-state index in [9.17, 15) is 10.0 Å². The molecule has 0 heterocycles. The molecule has 0 radical (unpaired) electrons. The molecule has 0 aliphatic carbocycles. The van der Waals surface area contributed by atoms with Crippen LogP contribution in [0.5, 0.6) is 0 Å². The number of rotatable bonds is 15. The van der Waals surface area contributed by atoms with E-state index in [1.165, 1.54) is 71.9 Å². The fourth-order valence-electron chi connectivity index (χ4n) is 2.88. The number of hydrogen-bond acceptors (Lipinski definition) is 2. The van der Waals surface area contributed by atoms with Gasteiger partial charge < -0.3 is 15.0 Å². The lowest BCUT2D eigenvalue weighted by atomic mass is 10.0. The van der Waals surface area contributed by atoms with E-state index in [4.69, 9.17) is 5.11 Å². The van der Waals surface area contributed by atoms with Gasteiger partial charge in [0, 0.05) is 6.42 Å². The van der Waals surface area contributed by atoms with Gasteiger partial charge in [-0.15, -0.1) is 0 Å². The fourth-order valence-corrected chi connectivity index (χ4v) is 2.88. The van der Waals surface area contributed by atoms with E-state index < -0.39 is 16.7 Å². The highest BCUT2D eigenvalue weighted by Gasteiger charge is 2.27. The van der Waals surface area contributed by atoms with Crippen LogP contribution >= 0.6 is 0 Å². The van der Waals surface area contributed by atoms with Crippen LogP contribution in [0, 0.1) is 5.21 Å². The molecule has 0 aromatic rings. The van der Waals surface area contributed by atoms with Crippen molar-refractivity contribution < 1.29 is 14.5 Å². The maximum atomic E-state index is 11.7. The molecule has 1 N–H and O–H groups in total. The van der Waals surface area contributed by atoms with Crippen molar-refractivity contribution in [2.45, 2.75) is 96.4 Å². The van der Waals surface area contributed by atoms with Gasteiger partial charge in [0.15, 0.2) is 6.04 Å². The van der Waals surface area contributed by atoms with Gasteiger partial charge in [0.2, 0.25) is 0 Å². The summed E-state index contributed by atoms with van der Waals surface area (Å²) in [5.41, 5.74) is 0. The summed E-state index contributed by atoms with van der Waals surface area (Å²) in [4.78, 5) is 11.1. The smallest absolute Gasteiger partial charge is 0.362 e. The molecule has 0 saturated carbocycles. The number of carboxylic acid groups (broad SMARTS) is 1. The largest absolute Gasteiger partial charge is 0.633 e. The third-order valence-electron chi connectivity index (χ3n) is 4.37. The van der Waals surface area contributed by atoms with Gasteiger partial charge in [0.1, 0.15) is 0 Å². The first-order valence-corrected chi connectivity index (χ1v) is 9.17. The molecule has 22 heavy (non-hydrogen) atoms. The van der Waals surface area contributed by atoms with Gasteiger partial charge in [-0.2, -0.15) is 0 Å².